The number of aldehydes is 1. The summed E-state index contributed by atoms with van der Waals surface area (Å²) in [5, 5.41) is 8.46. The highest BCUT2D eigenvalue weighted by molar-refractivity contribution is 5.66. The molecule has 0 radical (unpaired) electrons. The third kappa shape index (κ3) is 5.89. The summed E-state index contributed by atoms with van der Waals surface area (Å²) in [5.74, 6) is -0.296. The van der Waals surface area contributed by atoms with Crippen LogP contribution < -0.4 is 0 Å². The van der Waals surface area contributed by atoms with Gasteiger partial charge in [0.2, 0.25) is 0 Å². The number of aliphatic carboxylic acids is 1. The average Bonchev–Trinajstić information content (AvgIpc) is 1.84. The van der Waals surface area contributed by atoms with E-state index >= 15 is 0 Å². The van der Waals surface area contributed by atoms with Gasteiger partial charge in [0, 0.05) is 12.8 Å². The van der Waals surface area contributed by atoms with Gasteiger partial charge >= 0.3 is 5.97 Å². The zero-order valence-electron chi connectivity index (χ0n) is 7.62. The van der Waals surface area contributed by atoms with E-state index in [-0.39, 0.29) is 12.3 Å². The maximum Gasteiger partial charge on any atom is 0.303 e. The Balaban J connectivity index is 3.59. The van der Waals surface area contributed by atoms with Gasteiger partial charge in [-0.15, -0.1) is 0 Å². The minimum atomic E-state index is -0.763. The Hall–Kier alpha value is -0.860. The van der Waals surface area contributed by atoms with Gasteiger partial charge in [0.05, 0.1) is 0 Å². The molecule has 0 saturated carbocycles. The smallest absolute Gasteiger partial charge is 0.303 e. The predicted octanol–water partition coefficient (Wildman–Crippen LogP) is 1.71. The van der Waals surface area contributed by atoms with Gasteiger partial charge in [-0.05, 0) is 18.3 Å². The molecule has 3 heteroatoms. The predicted molar refractivity (Wildman–Crippen MR) is 45.9 cm³/mol. The number of carbonyl (C=O) groups is 2. The molecule has 0 aliphatic carbocycles. The highest BCUT2D eigenvalue weighted by Gasteiger charge is 2.11. The monoisotopic (exact) mass is 172 g/mol. The van der Waals surface area contributed by atoms with Crippen molar-refractivity contribution in [2.45, 2.75) is 33.1 Å². The summed E-state index contributed by atoms with van der Waals surface area (Å²) < 4.78 is 0. The van der Waals surface area contributed by atoms with Crippen LogP contribution in [-0.2, 0) is 9.59 Å². The lowest BCUT2D eigenvalue weighted by atomic mass is 9.93. The molecule has 3 nitrogen and oxygen atoms in total. The Morgan fingerprint density at radius 2 is 2.00 bits per heavy atom. The van der Waals surface area contributed by atoms with Gasteiger partial charge in [0.25, 0.3) is 0 Å². The molecule has 0 aromatic carbocycles. The fraction of sp³-hybridized carbons (Fsp3) is 0.778. The van der Waals surface area contributed by atoms with Crippen LogP contribution >= 0.6 is 0 Å². The van der Waals surface area contributed by atoms with E-state index in [0.717, 1.165) is 12.7 Å². The fourth-order valence-electron chi connectivity index (χ4n) is 1.33. The van der Waals surface area contributed by atoms with Crippen LogP contribution in [0.5, 0.6) is 0 Å². The summed E-state index contributed by atoms with van der Waals surface area (Å²) in [4.78, 5) is 20.4. The van der Waals surface area contributed by atoms with Crippen molar-refractivity contribution in [1.29, 1.82) is 0 Å². The van der Waals surface area contributed by atoms with Crippen molar-refractivity contribution in [2.75, 3.05) is 0 Å². The quantitative estimate of drug-likeness (QED) is 0.620. The maximum absolute atomic E-state index is 10.3. The lowest BCUT2D eigenvalue weighted by molar-refractivity contribution is -0.138. The minimum absolute atomic E-state index is 0.164. The summed E-state index contributed by atoms with van der Waals surface area (Å²) in [6.07, 6.45) is 2.43. The van der Waals surface area contributed by atoms with Gasteiger partial charge in [-0.1, -0.05) is 13.8 Å². The largest absolute Gasteiger partial charge is 0.481 e. The molecule has 2 atom stereocenters. The van der Waals surface area contributed by atoms with Crippen molar-refractivity contribution in [1.82, 2.24) is 0 Å². The molecule has 70 valence electrons. The molecule has 0 rings (SSSR count). The SMILES string of the molecule is CC(CC=O)CC(C)CC(=O)O. The zero-order valence-corrected chi connectivity index (χ0v) is 7.62. The molecule has 0 spiro atoms. The summed E-state index contributed by atoms with van der Waals surface area (Å²) in [5.41, 5.74) is 0. The number of rotatable bonds is 6. The molecule has 0 saturated heterocycles. The first-order valence-corrected chi connectivity index (χ1v) is 4.21. The number of hydrogen-bond acceptors (Lipinski definition) is 2. The first kappa shape index (κ1) is 11.1. The van der Waals surface area contributed by atoms with Gasteiger partial charge < -0.3 is 9.90 Å². The molecule has 0 aromatic heterocycles. The van der Waals surface area contributed by atoms with E-state index in [1.807, 2.05) is 13.8 Å². The van der Waals surface area contributed by atoms with Crippen LogP contribution in [0, 0.1) is 11.8 Å². The van der Waals surface area contributed by atoms with E-state index in [1.165, 1.54) is 0 Å². The number of carboxylic acid groups (broad SMARTS) is 1. The van der Waals surface area contributed by atoms with E-state index in [0.29, 0.717) is 12.3 Å². The van der Waals surface area contributed by atoms with Crippen LogP contribution in [0.15, 0.2) is 0 Å². The van der Waals surface area contributed by atoms with Crippen LogP contribution in [0.4, 0.5) is 0 Å². The summed E-state index contributed by atoms with van der Waals surface area (Å²) in [6, 6.07) is 0. The zero-order chi connectivity index (χ0) is 9.56. The molecule has 0 fully saturated rings. The molecule has 1 N–H and O–H groups in total. The second-order valence-electron chi connectivity index (χ2n) is 3.45. The molecule has 0 amide bonds. The normalized spacial score (nSPS) is 15.2. The lowest BCUT2D eigenvalue weighted by Crippen LogP contribution is -2.08. The molecule has 0 heterocycles. The highest BCUT2D eigenvalue weighted by Crippen LogP contribution is 2.16. The van der Waals surface area contributed by atoms with E-state index in [9.17, 15) is 9.59 Å². The van der Waals surface area contributed by atoms with Gasteiger partial charge in [0.15, 0.2) is 0 Å². The number of carboxylic acids is 1. The lowest BCUT2D eigenvalue weighted by Gasteiger charge is -2.12. The van der Waals surface area contributed by atoms with Crippen molar-refractivity contribution >= 4 is 12.3 Å². The van der Waals surface area contributed by atoms with Crippen molar-refractivity contribution in [3.05, 3.63) is 0 Å². The van der Waals surface area contributed by atoms with Crippen molar-refractivity contribution in [3.63, 3.8) is 0 Å². The minimum Gasteiger partial charge on any atom is -0.481 e. The molecule has 0 aromatic rings. The topological polar surface area (TPSA) is 54.4 Å². The Labute approximate surface area is 72.8 Å². The second kappa shape index (κ2) is 5.75. The van der Waals surface area contributed by atoms with E-state index < -0.39 is 5.97 Å². The molecule has 0 aliphatic heterocycles. The highest BCUT2D eigenvalue weighted by atomic mass is 16.4. The first-order valence-electron chi connectivity index (χ1n) is 4.21. The molecule has 12 heavy (non-hydrogen) atoms. The van der Waals surface area contributed by atoms with E-state index in [4.69, 9.17) is 5.11 Å². The van der Waals surface area contributed by atoms with Crippen LogP contribution in [0.3, 0.4) is 0 Å². The van der Waals surface area contributed by atoms with Crippen LogP contribution in [-0.4, -0.2) is 17.4 Å². The molecule has 0 aliphatic rings. The molecular weight excluding hydrogens is 156 g/mol. The third-order valence-corrected chi connectivity index (χ3v) is 1.83. The third-order valence-electron chi connectivity index (χ3n) is 1.83. The Morgan fingerprint density at radius 1 is 1.42 bits per heavy atom. The molecule has 0 bridgehead atoms. The summed E-state index contributed by atoms with van der Waals surface area (Å²) in [6.45, 7) is 3.86. The Bertz CT molecular complexity index is 154. The van der Waals surface area contributed by atoms with Gasteiger partial charge in [-0.3, -0.25) is 4.79 Å². The Kier molecular flexibility index (Phi) is 5.34. The molecular formula is C9H16O3. The van der Waals surface area contributed by atoms with Gasteiger partial charge in [-0.2, -0.15) is 0 Å². The molecule has 2 unspecified atom stereocenters. The van der Waals surface area contributed by atoms with Crippen molar-refractivity contribution in [3.8, 4) is 0 Å². The fourth-order valence-corrected chi connectivity index (χ4v) is 1.33. The first-order chi connectivity index (χ1) is 5.56. The average molecular weight is 172 g/mol. The van der Waals surface area contributed by atoms with Gasteiger partial charge in [0.1, 0.15) is 6.29 Å². The maximum atomic E-state index is 10.3. The van der Waals surface area contributed by atoms with Crippen LogP contribution in [0.25, 0.3) is 0 Å². The van der Waals surface area contributed by atoms with Crippen molar-refractivity contribution < 1.29 is 14.7 Å². The Morgan fingerprint density at radius 3 is 2.42 bits per heavy atom. The summed E-state index contributed by atoms with van der Waals surface area (Å²) >= 11 is 0. The number of hydrogen-bond donors (Lipinski definition) is 1. The summed E-state index contributed by atoms with van der Waals surface area (Å²) in [7, 11) is 0. The van der Waals surface area contributed by atoms with Crippen molar-refractivity contribution in [2.24, 2.45) is 11.8 Å². The van der Waals surface area contributed by atoms with Crippen LogP contribution in [0.1, 0.15) is 33.1 Å². The van der Waals surface area contributed by atoms with Crippen LogP contribution in [0.2, 0.25) is 0 Å². The van der Waals surface area contributed by atoms with E-state index in [2.05, 4.69) is 0 Å². The van der Waals surface area contributed by atoms with Gasteiger partial charge in [-0.25, -0.2) is 0 Å². The van der Waals surface area contributed by atoms with E-state index in [1.54, 1.807) is 0 Å². The second-order valence-corrected chi connectivity index (χ2v) is 3.45. The number of carbonyl (C=O) groups excluding carboxylic acids is 1. The standard InChI is InChI=1S/C9H16O3/c1-7(3-4-10)5-8(2)6-9(11)12/h4,7-8H,3,5-6H2,1-2H3,(H,11,12).